The van der Waals surface area contributed by atoms with E-state index in [-0.39, 0.29) is 13.2 Å². The number of ether oxygens (including phenoxy) is 3. The molecule has 0 heterocycles. The lowest BCUT2D eigenvalue weighted by molar-refractivity contribution is 0.0536. The van der Waals surface area contributed by atoms with Gasteiger partial charge in [0.2, 0.25) is 0 Å². The number of hydrogen-bond donors (Lipinski definition) is 1. The van der Waals surface area contributed by atoms with Crippen LogP contribution in [0.15, 0.2) is 24.3 Å². The highest BCUT2D eigenvalue weighted by atomic mass is 16.7. The summed E-state index contributed by atoms with van der Waals surface area (Å²) < 4.78 is 14.3. The van der Waals surface area contributed by atoms with Gasteiger partial charge in [-0.15, -0.1) is 0 Å². The molecule has 0 bridgehead atoms. The van der Waals surface area contributed by atoms with Gasteiger partial charge in [0.25, 0.3) is 0 Å². The first kappa shape index (κ1) is 14.8. The van der Waals surface area contributed by atoms with Gasteiger partial charge < -0.3 is 14.2 Å². The Balaban J connectivity index is 2.52. The molecule has 0 aromatic heterocycles. The van der Waals surface area contributed by atoms with Crippen LogP contribution in [-0.4, -0.2) is 25.5 Å². The van der Waals surface area contributed by atoms with Crippen LogP contribution in [0.5, 0.6) is 0 Å². The molecule has 1 N–H and O–H groups in total. The lowest BCUT2D eigenvalue weighted by Gasteiger charge is -2.08. The van der Waals surface area contributed by atoms with E-state index in [0.717, 1.165) is 5.56 Å². The zero-order valence-corrected chi connectivity index (χ0v) is 11.0. The largest absolute Gasteiger partial charge is 0.508 e. The van der Waals surface area contributed by atoms with E-state index in [9.17, 15) is 9.59 Å². The summed E-state index contributed by atoms with van der Waals surface area (Å²) in [4.78, 5) is 22.3. The summed E-state index contributed by atoms with van der Waals surface area (Å²) in [5.74, 6) is 0. The smallest absolute Gasteiger partial charge is 0.450 e. The van der Waals surface area contributed by atoms with E-state index in [1.165, 1.54) is 0 Å². The van der Waals surface area contributed by atoms with Gasteiger partial charge in [-0.25, -0.2) is 9.59 Å². The highest BCUT2D eigenvalue weighted by Crippen LogP contribution is 2.12. The molecule has 0 aliphatic heterocycles. The summed E-state index contributed by atoms with van der Waals surface area (Å²) in [6.07, 6.45) is -1.24. The normalized spacial score (nSPS) is 9.58. The summed E-state index contributed by atoms with van der Waals surface area (Å²) in [5.41, 5.74) is 1.31. The molecule has 1 amide bonds. The molecule has 0 saturated heterocycles. The third-order valence-corrected chi connectivity index (χ3v) is 2.07. The molecule has 0 unspecified atom stereocenters. The number of nitrogens with one attached hydrogen (secondary N) is 1. The van der Waals surface area contributed by atoms with E-state index in [4.69, 9.17) is 9.47 Å². The van der Waals surface area contributed by atoms with Crippen molar-refractivity contribution in [3.05, 3.63) is 29.8 Å². The minimum atomic E-state index is -0.716. The van der Waals surface area contributed by atoms with Crippen molar-refractivity contribution >= 4 is 17.9 Å². The van der Waals surface area contributed by atoms with Gasteiger partial charge in [0.15, 0.2) is 0 Å². The quantitative estimate of drug-likeness (QED) is 0.830. The Hall–Kier alpha value is -2.24. The van der Waals surface area contributed by atoms with Crippen molar-refractivity contribution in [1.29, 1.82) is 0 Å². The fraction of sp³-hybridized carbons (Fsp3) is 0.385. The molecule has 6 heteroatoms. The second-order valence-electron chi connectivity index (χ2n) is 3.52. The number of benzene rings is 1. The van der Waals surface area contributed by atoms with Crippen LogP contribution in [0.1, 0.15) is 19.4 Å². The van der Waals surface area contributed by atoms with Crippen molar-refractivity contribution in [1.82, 2.24) is 0 Å². The summed E-state index contributed by atoms with van der Waals surface area (Å²) in [6, 6.07) is 6.92. The Morgan fingerprint density at radius 1 is 1.11 bits per heavy atom. The molecule has 19 heavy (non-hydrogen) atoms. The number of amides is 1. The maximum absolute atomic E-state index is 11.2. The third-order valence-electron chi connectivity index (χ3n) is 2.07. The molecule has 104 valence electrons. The highest BCUT2D eigenvalue weighted by Gasteiger charge is 2.05. The summed E-state index contributed by atoms with van der Waals surface area (Å²) in [5, 5.41) is 2.56. The van der Waals surface area contributed by atoms with Crippen molar-refractivity contribution in [2.75, 3.05) is 18.5 Å². The van der Waals surface area contributed by atoms with Crippen LogP contribution in [0.4, 0.5) is 15.3 Å². The van der Waals surface area contributed by atoms with Gasteiger partial charge in [-0.3, -0.25) is 5.32 Å². The molecule has 6 nitrogen and oxygen atoms in total. The van der Waals surface area contributed by atoms with Gasteiger partial charge in [-0.05, 0) is 31.5 Å². The average molecular weight is 267 g/mol. The summed E-state index contributed by atoms with van der Waals surface area (Å²) >= 11 is 0. The van der Waals surface area contributed by atoms with Gasteiger partial charge in [-0.2, -0.15) is 0 Å². The van der Waals surface area contributed by atoms with Crippen LogP contribution in [0.3, 0.4) is 0 Å². The lowest BCUT2D eigenvalue weighted by atomic mass is 10.2. The Kier molecular flexibility index (Phi) is 6.21. The fourth-order valence-corrected chi connectivity index (χ4v) is 1.33. The van der Waals surface area contributed by atoms with E-state index < -0.39 is 12.2 Å². The van der Waals surface area contributed by atoms with Gasteiger partial charge in [0.05, 0.1) is 13.2 Å². The number of carbonyl (C=O) groups is 2. The van der Waals surface area contributed by atoms with Gasteiger partial charge in [-0.1, -0.05) is 12.1 Å². The van der Waals surface area contributed by atoms with E-state index >= 15 is 0 Å². The predicted molar refractivity (Wildman–Crippen MR) is 68.9 cm³/mol. The standard InChI is InChI=1S/C13H17NO5/c1-3-17-12(15)14-11-7-5-6-10(8-11)9-19-13(16)18-4-2/h5-8H,3-4,9H2,1-2H3,(H,14,15). The maximum Gasteiger partial charge on any atom is 0.508 e. The number of anilines is 1. The number of rotatable bonds is 5. The average Bonchev–Trinajstić information content (AvgIpc) is 2.37. The van der Waals surface area contributed by atoms with Crippen molar-refractivity contribution in [3.8, 4) is 0 Å². The Labute approximate surface area is 111 Å². The molecule has 1 rings (SSSR count). The Morgan fingerprint density at radius 3 is 2.53 bits per heavy atom. The highest BCUT2D eigenvalue weighted by molar-refractivity contribution is 5.84. The second kappa shape index (κ2) is 7.97. The molecular formula is C13H17NO5. The zero-order valence-electron chi connectivity index (χ0n) is 11.0. The van der Waals surface area contributed by atoms with Gasteiger partial charge in [0.1, 0.15) is 6.61 Å². The minimum Gasteiger partial charge on any atom is -0.450 e. The molecule has 1 aromatic carbocycles. The first-order valence-electron chi connectivity index (χ1n) is 5.98. The molecule has 0 atom stereocenters. The first-order valence-corrected chi connectivity index (χ1v) is 5.98. The molecule has 0 fully saturated rings. The third kappa shape index (κ3) is 5.76. The van der Waals surface area contributed by atoms with Crippen LogP contribution >= 0.6 is 0 Å². The van der Waals surface area contributed by atoms with E-state index in [0.29, 0.717) is 12.3 Å². The maximum atomic E-state index is 11.2. The number of carbonyl (C=O) groups excluding carboxylic acids is 2. The van der Waals surface area contributed by atoms with Crippen LogP contribution in [0, 0.1) is 0 Å². The van der Waals surface area contributed by atoms with Crippen molar-refractivity contribution in [3.63, 3.8) is 0 Å². The van der Waals surface area contributed by atoms with Crippen LogP contribution < -0.4 is 5.32 Å². The molecule has 1 aromatic rings. The topological polar surface area (TPSA) is 73.9 Å². The van der Waals surface area contributed by atoms with E-state index in [2.05, 4.69) is 10.1 Å². The molecular weight excluding hydrogens is 250 g/mol. The minimum absolute atomic E-state index is 0.0805. The second-order valence-corrected chi connectivity index (χ2v) is 3.52. The van der Waals surface area contributed by atoms with Crippen LogP contribution in [0.2, 0.25) is 0 Å². The molecule has 0 aliphatic carbocycles. The monoisotopic (exact) mass is 267 g/mol. The van der Waals surface area contributed by atoms with E-state index in [1.807, 2.05) is 0 Å². The Bertz CT molecular complexity index is 433. The van der Waals surface area contributed by atoms with Gasteiger partial charge >= 0.3 is 12.2 Å². The van der Waals surface area contributed by atoms with Crippen LogP contribution in [-0.2, 0) is 20.8 Å². The lowest BCUT2D eigenvalue weighted by Crippen LogP contribution is -2.13. The van der Waals surface area contributed by atoms with E-state index in [1.54, 1.807) is 38.1 Å². The van der Waals surface area contributed by atoms with Crippen molar-refractivity contribution < 1.29 is 23.8 Å². The molecule has 0 saturated carbocycles. The van der Waals surface area contributed by atoms with Crippen molar-refractivity contribution in [2.24, 2.45) is 0 Å². The molecule has 0 spiro atoms. The van der Waals surface area contributed by atoms with Gasteiger partial charge in [0, 0.05) is 5.69 Å². The summed E-state index contributed by atoms with van der Waals surface area (Å²) in [6.45, 7) is 4.08. The molecule has 0 radical (unpaired) electrons. The molecule has 0 aliphatic rings. The summed E-state index contributed by atoms with van der Waals surface area (Å²) in [7, 11) is 0. The SMILES string of the molecule is CCOC(=O)Nc1cccc(COC(=O)OCC)c1. The Morgan fingerprint density at radius 2 is 1.84 bits per heavy atom. The predicted octanol–water partition coefficient (Wildman–Crippen LogP) is 2.93. The van der Waals surface area contributed by atoms with Crippen molar-refractivity contribution in [2.45, 2.75) is 20.5 Å². The first-order chi connectivity index (χ1) is 9.15. The van der Waals surface area contributed by atoms with Crippen LogP contribution in [0.25, 0.3) is 0 Å². The number of hydrogen-bond acceptors (Lipinski definition) is 5. The zero-order chi connectivity index (χ0) is 14.1. The fourth-order valence-electron chi connectivity index (χ4n) is 1.33.